The van der Waals surface area contributed by atoms with Gasteiger partial charge in [0.1, 0.15) is 17.4 Å². The summed E-state index contributed by atoms with van der Waals surface area (Å²) in [6.45, 7) is 2.00. The van der Waals surface area contributed by atoms with E-state index in [-0.39, 0.29) is 5.91 Å². The van der Waals surface area contributed by atoms with Gasteiger partial charge in [0.25, 0.3) is 0 Å². The third-order valence-electron chi connectivity index (χ3n) is 3.97. The lowest BCUT2D eigenvalue weighted by Crippen LogP contribution is -2.30. The van der Waals surface area contributed by atoms with Gasteiger partial charge in [-0.1, -0.05) is 34.7 Å². The second kappa shape index (κ2) is 8.77. The molecule has 0 unspecified atom stereocenters. The number of nitrogens with zero attached hydrogens (tertiary/aromatic N) is 4. The number of thiazole rings is 1. The van der Waals surface area contributed by atoms with Crippen molar-refractivity contribution in [1.29, 1.82) is 0 Å². The van der Waals surface area contributed by atoms with E-state index in [1.807, 2.05) is 17.5 Å². The van der Waals surface area contributed by atoms with Gasteiger partial charge in [0, 0.05) is 29.1 Å². The van der Waals surface area contributed by atoms with E-state index >= 15 is 0 Å². The smallest absolute Gasteiger partial charge is 0.225 e. The molecule has 2 heterocycles. The van der Waals surface area contributed by atoms with Gasteiger partial charge in [-0.25, -0.2) is 4.98 Å². The zero-order chi connectivity index (χ0) is 19.5. The van der Waals surface area contributed by atoms with Crippen molar-refractivity contribution in [1.82, 2.24) is 15.2 Å². The molecule has 1 aliphatic carbocycles. The molecule has 1 aliphatic rings. The predicted molar refractivity (Wildman–Crippen MR) is 114 cm³/mol. The Bertz CT molecular complexity index is 956. The SMILES string of the molecule is CC(=O)N(c1nnc(SCc2csc(COc3ccc(Cl)cc3)n2)s1)C1CC1. The first-order valence-electron chi connectivity index (χ1n) is 8.66. The summed E-state index contributed by atoms with van der Waals surface area (Å²) in [5.74, 6) is 1.50. The normalized spacial score (nSPS) is 13.5. The fraction of sp³-hybridized carbons (Fsp3) is 0.333. The van der Waals surface area contributed by atoms with Crippen molar-refractivity contribution in [2.75, 3.05) is 4.90 Å². The maximum absolute atomic E-state index is 11.8. The third-order valence-corrected chi connectivity index (χ3v) is 7.18. The van der Waals surface area contributed by atoms with Crippen LogP contribution in [0.25, 0.3) is 0 Å². The quantitative estimate of drug-likeness (QED) is 0.352. The van der Waals surface area contributed by atoms with Crippen molar-refractivity contribution < 1.29 is 9.53 Å². The molecule has 0 aliphatic heterocycles. The third kappa shape index (κ3) is 5.02. The maximum Gasteiger partial charge on any atom is 0.225 e. The fourth-order valence-electron chi connectivity index (χ4n) is 2.53. The summed E-state index contributed by atoms with van der Waals surface area (Å²) >= 11 is 10.5. The highest BCUT2D eigenvalue weighted by atomic mass is 35.5. The highest BCUT2D eigenvalue weighted by Gasteiger charge is 2.34. The molecular weight excluding hydrogens is 436 g/mol. The van der Waals surface area contributed by atoms with Crippen LogP contribution >= 0.6 is 46.0 Å². The van der Waals surface area contributed by atoms with Crippen LogP contribution in [-0.4, -0.2) is 27.1 Å². The van der Waals surface area contributed by atoms with Gasteiger partial charge in [-0.2, -0.15) is 0 Å². The molecule has 2 aromatic heterocycles. The van der Waals surface area contributed by atoms with E-state index in [9.17, 15) is 4.79 Å². The van der Waals surface area contributed by atoms with Crippen LogP contribution in [0.2, 0.25) is 5.02 Å². The molecule has 0 radical (unpaired) electrons. The van der Waals surface area contributed by atoms with Gasteiger partial charge in [-0.15, -0.1) is 21.5 Å². The maximum atomic E-state index is 11.8. The largest absolute Gasteiger partial charge is 0.486 e. The highest BCUT2D eigenvalue weighted by molar-refractivity contribution is 8.00. The van der Waals surface area contributed by atoms with E-state index in [4.69, 9.17) is 16.3 Å². The lowest BCUT2D eigenvalue weighted by molar-refractivity contribution is -0.116. The molecule has 3 aromatic rings. The first kappa shape index (κ1) is 19.6. The molecule has 146 valence electrons. The monoisotopic (exact) mass is 452 g/mol. The summed E-state index contributed by atoms with van der Waals surface area (Å²) in [5, 5.41) is 12.7. The standard InChI is InChI=1S/C18H17ClN4O2S3/c1-11(24)23(14-4-5-14)17-21-22-18(28-17)27-10-13-9-26-16(20-13)8-25-15-6-2-12(19)3-7-15/h2-3,6-7,9,14H,4-5,8,10H2,1H3. The summed E-state index contributed by atoms with van der Waals surface area (Å²) in [6, 6.07) is 7.57. The first-order valence-corrected chi connectivity index (χ1v) is 11.7. The molecule has 0 atom stereocenters. The molecule has 1 saturated carbocycles. The van der Waals surface area contributed by atoms with Crippen molar-refractivity contribution in [3.8, 4) is 5.75 Å². The minimum absolute atomic E-state index is 0.0278. The second-order valence-electron chi connectivity index (χ2n) is 6.23. The predicted octanol–water partition coefficient (Wildman–Crippen LogP) is 5.03. The van der Waals surface area contributed by atoms with Gasteiger partial charge in [0.2, 0.25) is 11.0 Å². The van der Waals surface area contributed by atoms with Gasteiger partial charge in [0.15, 0.2) is 4.34 Å². The molecule has 10 heteroatoms. The minimum atomic E-state index is 0.0278. The van der Waals surface area contributed by atoms with Crippen LogP contribution in [-0.2, 0) is 17.2 Å². The highest BCUT2D eigenvalue weighted by Crippen LogP contribution is 2.36. The van der Waals surface area contributed by atoms with E-state index in [1.54, 1.807) is 47.1 Å². The Morgan fingerprint density at radius 2 is 2.11 bits per heavy atom. The first-order chi connectivity index (χ1) is 13.6. The van der Waals surface area contributed by atoms with Crippen LogP contribution in [0.15, 0.2) is 34.0 Å². The van der Waals surface area contributed by atoms with E-state index in [1.165, 1.54) is 11.3 Å². The summed E-state index contributed by atoms with van der Waals surface area (Å²) in [5.41, 5.74) is 0.979. The number of carbonyl (C=O) groups is 1. The number of anilines is 1. The fourth-order valence-corrected chi connectivity index (χ4v) is 5.32. The number of rotatable bonds is 8. The number of aromatic nitrogens is 3. The summed E-state index contributed by atoms with van der Waals surface area (Å²) in [6.07, 6.45) is 2.09. The Morgan fingerprint density at radius 1 is 1.32 bits per heavy atom. The van der Waals surface area contributed by atoms with Crippen molar-refractivity contribution in [3.63, 3.8) is 0 Å². The van der Waals surface area contributed by atoms with E-state index in [0.29, 0.717) is 28.6 Å². The van der Waals surface area contributed by atoms with Gasteiger partial charge in [0.05, 0.1) is 5.69 Å². The Hall–Kier alpha value is -1.68. The Morgan fingerprint density at radius 3 is 2.82 bits per heavy atom. The number of benzene rings is 1. The molecule has 0 N–H and O–H groups in total. The summed E-state index contributed by atoms with van der Waals surface area (Å²) < 4.78 is 6.57. The molecule has 1 fully saturated rings. The average Bonchev–Trinajstić information content (AvgIpc) is 3.21. The van der Waals surface area contributed by atoms with E-state index in [0.717, 1.165) is 33.6 Å². The molecule has 6 nitrogen and oxygen atoms in total. The van der Waals surface area contributed by atoms with Crippen LogP contribution in [0.3, 0.4) is 0 Å². The van der Waals surface area contributed by atoms with E-state index in [2.05, 4.69) is 15.2 Å². The van der Waals surface area contributed by atoms with Crippen LogP contribution in [0.5, 0.6) is 5.75 Å². The summed E-state index contributed by atoms with van der Waals surface area (Å²) in [4.78, 5) is 18.2. The van der Waals surface area contributed by atoms with Crippen molar-refractivity contribution in [3.05, 3.63) is 45.4 Å². The number of amides is 1. The molecule has 0 saturated heterocycles. The zero-order valence-corrected chi connectivity index (χ0v) is 18.2. The molecule has 28 heavy (non-hydrogen) atoms. The number of ether oxygens (including phenoxy) is 1. The number of thioether (sulfide) groups is 1. The van der Waals surface area contributed by atoms with Crippen LogP contribution in [0, 0.1) is 0 Å². The lowest BCUT2D eigenvalue weighted by atomic mass is 10.3. The van der Waals surface area contributed by atoms with Crippen molar-refractivity contribution >= 4 is 57.1 Å². The number of halogens is 1. The minimum Gasteiger partial charge on any atom is -0.486 e. The van der Waals surface area contributed by atoms with Crippen LogP contribution in [0.1, 0.15) is 30.5 Å². The Balaban J connectivity index is 1.30. The molecule has 1 aromatic carbocycles. The number of hydrogen-bond acceptors (Lipinski definition) is 8. The van der Waals surface area contributed by atoms with Crippen molar-refractivity contribution in [2.45, 2.75) is 42.5 Å². The Labute approximate surface area is 179 Å². The van der Waals surface area contributed by atoms with Gasteiger partial charge < -0.3 is 4.74 Å². The second-order valence-corrected chi connectivity index (χ2v) is 9.79. The average molecular weight is 453 g/mol. The molecule has 1 amide bonds. The topological polar surface area (TPSA) is 68.2 Å². The van der Waals surface area contributed by atoms with E-state index < -0.39 is 0 Å². The lowest BCUT2D eigenvalue weighted by Gasteiger charge is -2.15. The number of hydrogen-bond donors (Lipinski definition) is 0. The van der Waals surface area contributed by atoms with Gasteiger partial charge in [-0.3, -0.25) is 9.69 Å². The molecule has 0 spiro atoms. The van der Waals surface area contributed by atoms with Crippen LogP contribution in [0.4, 0.5) is 5.13 Å². The molecule has 0 bridgehead atoms. The Kier molecular flexibility index (Phi) is 6.15. The van der Waals surface area contributed by atoms with Crippen molar-refractivity contribution in [2.24, 2.45) is 0 Å². The zero-order valence-electron chi connectivity index (χ0n) is 15.0. The van der Waals surface area contributed by atoms with Gasteiger partial charge in [-0.05, 0) is 37.1 Å². The molecular formula is C18H17ClN4O2S3. The van der Waals surface area contributed by atoms with Gasteiger partial charge >= 0.3 is 0 Å². The van der Waals surface area contributed by atoms with Crippen LogP contribution < -0.4 is 9.64 Å². The number of carbonyl (C=O) groups excluding carboxylic acids is 1. The summed E-state index contributed by atoms with van der Waals surface area (Å²) in [7, 11) is 0. The molecule has 4 rings (SSSR count).